The van der Waals surface area contributed by atoms with E-state index in [1.807, 2.05) is 0 Å². The van der Waals surface area contributed by atoms with Crippen LogP contribution in [0.5, 0.6) is 0 Å². The summed E-state index contributed by atoms with van der Waals surface area (Å²) in [7, 11) is 0. The van der Waals surface area contributed by atoms with Crippen molar-refractivity contribution in [2.45, 2.75) is 127 Å². The van der Waals surface area contributed by atoms with Crippen molar-refractivity contribution in [3.05, 3.63) is 82.6 Å². The lowest BCUT2D eigenvalue weighted by Crippen LogP contribution is -2.63. The summed E-state index contributed by atoms with van der Waals surface area (Å²) in [5.41, 5.74) is 4.56. The summed E-state index contributed by atoms with van der Waals surface area (Å²) in [5, 5.41) is 30.6. The summed E-state index contributed by atoms with van der Waals surface area (Å²) in [4.78, 5) is 20.5. The summed E-state index contributed by atoms with van der Waals surface area (Å²) < 4.78 is 0. The van der Waals surface area contributed by atoms with Gasteiger partial charge in [0.15, 0.2) is 0 Å². The molecule has 4 saturated carbocycles. The Hall–Kier alpha value is -4.32. The minimum atomic E-state index is -0.391. The third kappa shape index (κ3) is 4.07. The molecule has 2 aliphatic heterocycles. The fourth-order valence-corrected chi connectivity index (χ4v) is 12.6. The number of nitrogens with one attached hydrogen (secondary N) is 3. The van der Waals surface area contributed by atoms with Gasteiger partial charge in [-0.3, -0.25) is 9.79 Å². The molecule has 0 amide bonds. The fraction of sp³-hybridized carbons (Fsp3) is 0.478. The van der Waals surface area contributed by atoms with Gasteiger partial charge in [0.25, 0.3) is 0 Å². The zero-order chi connectivity index (χ0) is 34.7. The Morgan fingerprint density at radius 1 is 0.558 bits per heavy atom. The fourth-order valence-electron chi connectivity index (χ4n) is 12.6. The smallest absolute Gasteiger partial charge is 0.201 e. The Morgan fingerprint density at radius 2 is 1.15 bits per heavy atom. The average molecular weight is 691 g/mol. The van der Waals surface area contributed by atoms with Crippen molar-refractivity contribution in [2.24, 2.45) is 15.8 Å². The summed E-state index contributed by atoms with van der Waals surface area (Å²) in [6.07, 6.45) is 21.8. The zero-order valence-electron chi connectivity index (χ0n) is 30.3. The third-order valence-corrected chi connectivity index (χ3v) is 15.2. The van der Waals surface area contributed by atoms with E-state index in [1.165, 1.54) is 96.3 Å². The first-order valence-electron chi connectivity index (χ1n) is 20.5. The first kappa shape index (κ1) is 31.2. The van der Waals surface area contributed by atoms with Crippen LogP contribution in [0.15, 0.2) is 71.4 Å². The molecule has 6 nitrogen and oxygen atoms in total. The Bertz CT molecular complexity index is 2350. The number of anilines is 3. The molecule has 2 unspecified atom stereocenters. The molecule has 11 rings (SSSR count). The van der Waals surface area contributed by atoms with E-state index in [0.29, 0.717) is 11.1 Å². The summed E-state index contributed by atoms with van der Waals surface area (Å²) >= 11 is 0. The van der Waals surface area contributed by atoms with E-state index in [-0.39, 0.29) is 28.0 Å². The van der Waals surface area contributed by atoms with E-state index in [2.05, 4.69) is 76.6 Å². The van der Waals surface area contributed by atoms with Gasteiger partial charge >= 0.3 is 0 Å². The maximum absolute atomic E-state index is 14.8. The second-order valence-corrected chi connectivity index (χ2v) is 17.5. The topological polar surface area (TPSA) is 85.8 Å². The van der Waals surface area contributed by atoms with Crippen molar-refractivity contribution in [3.8, 4) is 0 Å². The predicted molar refractivity (Wildman–Crippen MR) is 211 cm³/mol. The number of aliphatic hydroxyl groups excluding tert-OH is 1. The molecule has 52 heavy (non-hydrogen) atoms. The molecule has 266 valence electrons. The highest BCUT2D eigenvalue weighted by Crippen LogP contribution is 2.59. The van der Waals surface area contributed by atoms with Crippen LogP contribution in [0, 0.1) is 10.8 Å². The first-order valence-corrected chi connectivity index (χ1v) is 20.5. The van der Waals surface area contributed by atoms with Crippen LogP contribution in [0.3, 0.4) is 0 Å². The van der Waals surface area contributed by atoms with Crippen LogP contribution in [0.1, 0.15) is 121 Å². The molecule has 7 aliphatic rings. The Balaban J connectivity index is 1.12. The van der Waals surface area contributed by atoms with Gasteiger partial charge < -0.3 is 21.1 Å². The van der Waals surface area contributed by atoms with Crippen LogP contribution in [0.25, 0.3) is 32.7 Å². The highest BCUT2D eigenvalue weighted by atomic mass is 16.3. The summed E-state index contributed by atoms with van der Waals surface area (Å²) in [6.45, 7) is 0. The third-order valence-electron chi connectivity index (χ3n) is 15.2. The summed E-state index contributed by atoms with van der Waals surface area (Å²) in [5.74, 6) is 0.0262. The molecule has 0 bridgehead atoms. The van der Waals surface area contributed by atoms with Gasteiger partial charge in [0.05, 0.1) is 22.2 Å². The number of hydrogen-bond acceptors (Lipinski definition) is 6. The lowest BCUT2D eigenvalue weighted by molar-refractivity contribution is -0.109. The number of fused-ring (bicyclic) bond motifs is 2. The van der Waals surface area contributed by atoms with Crippen molar-refractivity contribution < 1.29 is 9.90 Å². The van der Waals surface area contributed by atoms with Crippen LogP contribution < -0.4 is 26.5 Å². The van der Waals surface area contributed by atoms with Crippen molar-refractivity contribution >= 4 is 55.5 Å². The first-order chi connectivity index (χ1) is 25.5. The minimum absolute atomic E-state index is 0.0807. The summed E-state index contributed by atoms with van der Waals surface area (Å²) in [6, 6.07) is 21.3. The van der Waals surface area contributed by atoms with Crippen LogP contribution >= 0.6 is 0 Å². The number of carbonyl (C=O) groups is 1. The number of rotatable bonds is 1. The number of aliphatic hydroxyl groups is 1. The molecule has 6 heteroatoms. The second kappa shape index (κ2) is 11.1. The van der Waals surface area contributed by atoms with Crippen LogP contribution in [0.2, 0.25) is 0 Å². The molecular formula is C46H50N4O2. The molecule has 0 aromatic heterocycles. The predicted octanol–water partition coefficient (Wildman–Crippen LogP) is 10.0. The van der Waals surface area contributed by atoms with Gasteiger partial charge in [-0.1, -0.05) is 99.9 Å². The van der Waals surface area contributed by atoms with Crippen molar-refractivity contribution in [3.63, 3.8) is 0 Å². The second-order valence-electron chi connectivity index (χ2n) is 17.5. The molecule has 4 fully saturated rings. The highest BCUT2D eigenvalue weighted by molar-refractivity contribution is 6.52. The highest BCUT2D eigenvalue weighted by Gasteiger charge is 2.56. The molecule has 4 aromatic carbocycles. The average Bonchev–Trinajstić information content (AvgIpc) is 3.17. The quantitative estimate of drug-likeness (QED) is 0.160. The molecular weight excluding hydrogens is 641 g/mol. The van der Waals surface area contributed by atoms with Crippen molar-refractivity contribution in [2.75, 3.05) is 16.0 Å². The normalized spacial score (nSPS) is 29.5. The van der Waals surface area contributed by atoms with Crippen LogP contribution in [0.4, 0.5) is 17.1 Å². The van der Waals surface area contributed by atoms with Gasteiger partial charge in [-0.15, -0.1) is 0 Å². The van der Waals surface area contributed by atoms with Gasteiger partial charge in [-0.2, -0.15) is 0 Å². The monoisotopic (exact) mass is 690 g/mol. The molecule has 4 aromatic rings. The van der Waals surface area contributed by atoms with E-state index in [0.717, 1.165) is 74.0 Å². The molecule has 5 aliphatic carbocycles. The number of hydrogen-bond donors (Lipinski definition) is 4. The lowest BCUT2D eigenvalue weighted by atomic mass is 9.58. The van der Waals surface area contributed by atoms with Crippen molar-refractivity contribution in [1.82, 2.24) is 0 Å². The Labute approximate surface area is 305 Å². The van der Waals surface area contributed by atoms with E-state index in [9.17, 15) is 9.90 Å². The number of nitrogens with zero attached hydrogens (tertiary/aromatic N) is 1. The molecule has 0 radical (unpaired) electrons. The van der Waals surface area contributed by atoms with E-state index in [4.69, 9.17) is 4.99 Å². The van der Waals surface area contributed by atoms with Gasteiger partial charge in [-0.05, 0) is 87.1 Å². The van der Waals surface area contributed by atoms with Crippen molar-refractivity contribution in [1.29, 1.82) is 0 Å². The number of allylic oxidation sites excluding steroid dienone is 2. The molecule has 4 N–H and O–H groups in total. The largest absolute Gasteiger partial charge is 0.506 e. The van der Waals surface area contributed by atoms with Crippen LogP contribution in [-0.2, 0) is 4.79 Å². The molecule has 2 heterocycles. The SMILES string of the molecule is O=C1C(c2ccc3cccc4c3c2NC2(CCCCC23CCCCC3)N4)=C(O)C1=c1ccc2cccc3c2c1=NC1(CCCCC12CCCCC2)N3. The molecule has 2 atom stereocenters. The van der Waals surface area contributed by atoms with Gasteiger partial charge in [0.1, 0.15) is 17.1 Å². The number of benzene rings is 4. The van der Waals surface area contributed by atoms with E-state index >= 15 is 0 Å². The standard InChI is InChI=1S/C46H50N4O2/c51-41-37(31-19-17-29-13-11-15-33-35(29)39(31)49-45(47-33)27-9-7-25-43(45)21-3-1-4-22-43)42(52)38(41)32-20-18-30-14-12-16-34-36(30)40(32)50-46(48-34)28-10-8-26-44(46)23-5-2-6-24-44/h11-20,47-49,51H,1-10,21-28H2. The number of ketones is 1. The molecule has 4 spiro atoms. The lowest BCUT2D eigenvalue weighted by Gasteiger charge is -2.58. The van der Waals surface area contributed by atoms with E-state index < -0.39 is 5.66 Å². The van der Waals surface area contributed by atoms with Gasteiger partial charge in [0, 0.05) is 43.8 Å². The van der Waals surface area contributed by atoms with Gasteiger partial charge in [0.2, 0.25) is 5.78 Å². The van der Waals surface area contributed by atoms with Crippen LogP contribution in [-0.4, -0.2) is 22.2 Å². The zero-order valence-corrected chi connectivity index (χ0v) is 30.3. The van der Waals surface area contributed by atoms with E-state index in [1.54, 1.807) is 0 Å². The Kier molecular flexibility index (Phi) is 6.67. The maximum Gasteiger partial charge on any atom is 0.201 e. The molecule has 0 saturated heterocycles. The number of Topliss-reactive ketones (excluding diaryl/α,β-unsaturated/α-hetero) is 1. The Morgan fingerprint density at radius 3 is 1.87 bits per heavy atom. The number of carbonyl (C=O) groups excluding carboxylic acids is 1. The maximum atomic E-state index is 14.8. The van der Waals surface area contributed by atoms with Gasteiger partial charge in [-0.25, -0.2) is 0 Å². The minimum Gasteiger partial charge on any atom is -0.506 e.